The van der Waals surface area contributed by atoms with Gasteiger partial charge in [0.1, 0.15) is 0 Å². The monoisotopic (exact) mass is 174 g/mol. The van der Waals surface area contributed by atoms with Crippen LogP contribution in [0.3, 0.4) is 0 Å². The van der Waals surface area contributed by atoms with Gasteiger partial charge in [-0.2, -0.15) is 0 Å². The van der Waals surface area contributed by atoms with Crippen LogP contribution in [0.25, 0.3) is 0 Å². The molecule has 0 saturated heterocycles. The third kappa shape index (κ3) is 4.04. The Morgan fingerprint density at radius 2 is 1.75 bits per heavy atom. The Morgan fingerprint density at radius 1 is 1.25 bits per heavy atom. The third-order valence-electron chi connectivity index (χ3n) is 2.82. The van der Waals surface area contributed by atoms with Gasteiger partial charge in [-0.15, -0.1) is 0 Å². The maximum Gasteiger partial charge on any atom is 0.0855 e. The first kappa shape index (κ1) is 11.9. The normalized spacial score (nSPS) is 15.2. The molecular weight excluding hydrogens is 150 g/mol. The van der Waals surface area contributed by atoms with E-state index in [0.717, 1.165) is 17.4 Å². The number of nitrogens with two attached hydrogens (primary N) is 2. The van der Waals surface area contributed by atoms with Gasteiger partial charge in [-0.05, 0) is 13.3 Å². The van der Waals surface area contributed by atoms with Gasteiger partial charge in [-0.3, -0.25) is 0 Å². The number of hydrogen-bond donors (Lipinski definition) is 2. The summed E-state index contributed by atoms with van der Waals surface area (Å²) >= 11 is 0. The van der Waals surface area contributed by atoms with Crippen LogP contribution in [-0.2, 0) is 0 Å². The van der Waals surface area contributed by atoms with Crippen molar-refractivity contribution >= 4 is 0 Å². The van der Waals surface area contributed by atoms with Crippen molar-refractivity contribution in [2.24, 2.45) is 11.5 Å². The zero-order chi connectivity index (χ0) is 9.78. The molecule has 12 heavy (non-hydrogen) atoms. The minimum atomic E-state index is -0.161. The summed E-state index contributed by atoms with van der Waals surface area (Å²) in [5.74, 6) is 0. The maximum atomic E-state index is 5.51. The molecule has 0 aliphatic rings. The van der Waals surface area contributed by atoms with Crippen LogP contribution in [0.2, 0.25) is 0 Å². The molecule has 0 spiro atoms. The standard InChI is InChI=1S/C9H24N3/c1-5-8(2)12(3,4)7-6-9(10)11/h8-9H,5-7,10-11H2,1-4H3/q+1. The highest BCUT2D eigenvalue weighted by molar-refractivity contribution is 4.52. The summed E-state index contributed by atoms with van der Waals surface area (Å²) < 4.78 is 1.02. The Labute approximate surface area is 76.3 Å². The van der Waals surface area contributed by atoms with Crippen molar-refractivity contribution < 1.29 is 4.48 Å². The van der Waals surface area contributed by atoms with Crippen molar-refractivity contribution in [2.75, 3.05) is 20.6 Å². The van der Waals surface area contributed by atoms with Crippen LogP contribution in [-0.4, -0.2) is 37.3 Å². The molecule has 0 rings (SSSR count). The second-order valence-electron chi connectivity index (χ2n) is 4.21. The summed E-state index contributed by atoms with van der Waals surface area (Å²) in [6, 6.07) is 0.684. The molecule has 4 N–H and O–H groups in total. The molecule has 0 aliphatic carbocycles. The van der Waals surface area contributed by atoms with Gasteiger partial charge in [0, 0.05) is 6.42 Å². The summed E-state index contributed by atoms with van der Waals surface area (Å²) in [5, 5.41) is 0. The smallest absolute Gasteiger partial charge is 0.0855 e. The lowest BCUT2D eigenvalue weighted by atomic mass is 10.1. The van der Waals surface area contributed by atoms with Gasteiger partial charge in [-0.1, -0.05) is 6.92 Å². The maximum absolute atomic E-state index is 5.51. The highest BCUT2D eigenvalue weighted by atomic mass is 15.3. The first-order chi connectivity index (χ1) is 5.40. The summed E-state index contributed by atoms with van der Waals surface area (Å²) in [4.78, 5) is 0. The molecule has 3 heteroatoms. The quantitative estimate of drug-likeness (QED) is 0.471. The number of quaternary nitrogens is 1. The molecule has 0 heterocycles. The van der Waals surface area contributed by atoms with Crippen molar-refractivity contribution in [2.45, 2.75) is 38.9 Å². The van der Waals surface area contributed by atoms with Gasteiger partial charge in [-0.25, -0.2) is 0 Å². The molecule has 0 fully saturated rings. The van der Waals surface area contributed by atoms with Crippen LogP contribution >= 0.6 is 0 Å². The zero-order valence-corrected chi connectivity index (χ0v) is 8.88. The Kier molecular flexibility index (Phi) is 4.75. The number of rotatable bonds is 5. The van der Waals surface area contributed by atoms with Crippen LogP contribution in [0.15, 0.2) is 0 Å². The minimum absolute atomic E-state index is 0.161. The van der Waals surface area contributed by atoms with Crippen molar-refractivity contribution in [3.05, 3.63) is 0 Å². The summed E-state index contributed by atoms with van der Waals surface area (Å²) in [6.07, 6.45) is 1.94. The van der Waals surface area contributed by atoms with Gasteiger partial charge < -0.3 is 16.0 Å². The second kappa shape index (κ2) is 4.80. The summed E-state index contributed by atoms with van der Waals surface area (Å²) in [5.41, 5.74) is 11.0. The molecule has 0 bridgehead atoms. The first-order valence-electron chi connectivity index (χ1n) is 4.74. The Morgan fingerprint density at radius 3 is 2.08 bits per heavy atom. The van der Waals surface area contributed by atoms with Crippen LogP contribution in [0.1, 0.15) is 26.7 Å². The van der Waals surface area contributed by atoms with Crippen molar-refractivity contribution in [3.8, 4) is 0 Å². The van der Waals surface area contributed by atoms with Gasteiger partial charge in [0.25, 0.3) is 0 Å². The molecule has 0 aromatic carbocycles. The predicted molar refractivity (Wildman–Crippen MR) is 53.5 cm³/mol. The lowest BCUT2D eigenvalue weighted by Gasteiger charge is -2.36. The Bertz CT molecular complexity index is 121. The fraction of sp³-hybridized carbons (Fsp3) is 1.00. The van der Waals surface area contributed by atoms with Gasteiger partial charge in [0.15, 0.2) is 0 Å². The molecule has 0 amide bonds. The molecule has 74 valence electrons. The fourth-order valence-corrected chi connectivity index (χ4v) is 1.20. The molecule has 1 atom stereocenters. The molecule has 0 aromatic heterocycles. The SMILES string of the molecule is CCC(C)[N+](C)(C)CCC(N)N. The highest BCUT2D eigenvalue weighted by Crippen LogP contribution is 2.10. The molecule has 1 unspecified atom stereocenters. The average molecular weight is 174 g/mol. The van der Waals surface area contributed by atoms with E-state index in [1.54, 1.807) is 0 Å². The van der Waals surface area contributed by atoms with Crippen molar-refractivity contribution in [3.63, 3.8) is 0 Å². The van der Waals surface area contributed by atoms with E-state index < -0.39 is 0 Å². The summed E-state index contributed by atoms with van der Waals surface area (Å²) in [6.45, 7) is 5.54. The van der Waals surface area contributed by atoms with E-state index in [1.165, 1.54) is 6.42 Å². The Hall–Kier alpha value is -0.120. The summed E-state index contributed by atoms with van der Waals surface area (Å²) in [7, 11) is 4.47. The minimum Gasteiger partial charge on any atom is -0.326 e. The molecule has 0 aromatic rings. The molecule has 0 aliphatic heterocycles. The van der Waals surface area contributed by atoms with Crippen molar-refractivity contribution in [1.82, 2.24) is 0 Å². The van der Waals surface area contributed by atoms with Gasteiger partial charge >= 0.3 is 0 Å². The number of nitrogens with zero attached hydrogens (tertiary/aromatic N) is 1. The van der Waals surface area contributed by atoms with Crippen LogP contribution in [0.5, 0.6) is 0 Å². The van der Waals surface area contributed by atoms with Crippen LogP contribution in [0.4, 0.5) is 0 Å². The lowest BCUT2D eigenvalue weighted by molar-refractivity contribution is -0.913. The van der Waals surface area contributed by atoms with E-state index in [2.05, 4.69) is 27.9 Å². The van der Waals surface area contributed by atoms with E-state index in [0.29, 0.717) is 6.04 Å². The van der Waals surface area contributed by atoms with Crippen LogP contribution in [0, 0.1) is 0 Å². The molecule has 0 radical (unpaired) electrons. The van der Waals surface area contributed by atoms with E-state index in [-0.39, 0.29) is 6.17 Å². The molecule has 0 saturated carbocycles. The van der Waals surface area contributed by atoms with Crippen molar-refractivity contribution in [1.29, 1.82) is 0 Å². The van der Waals surface area contributed by atoms with Crippen LogP contribution < -0.4 is 11.5 Å². The average Bonchev–Trinajstić information content (AvgIpc) is 1.99. The Balaban J connectivity index is 3.86. The van der Waals surface area contributed by atoms with Gasteiger partial charge in [0.2, 0.25) is 0 Å². The second-order valence-corrected chi connectivity index (χ2v) is 4.21. The van der Waals surface area contributed by atoms with E-state index in [9.17, 15) is 0 Å². The largest absolute Gasteiger partial charge is 0.326 e. The third-order valence-corrected chi connectivity index (χ3v) is 2.82. The zero-order valence-electron chi connectivity index (χ0n) is 8.88. The predicted octanol–water partition coefficient (Wildman–Crippen LogP) is 0.495. The number of hydrogen-bond acceptors (Lipinski definition) is 2. The van der Waals surface area contributed by atoms with Gasteiger partial charge in [0.05, 0.1) is 32.8 Å². The van der Waals surface area contributed by atoms with E-state index >= 15 is 0 Å². The fourth-order valence-electron chi connectivity index (χ4n) is 1.20. The molecular formula is C9H24N3+. The highest BCUT2D eigenvalue weighted by Gasteiger charge is 2.21. The first-order valence-corrected chi connectivity index (χ1v) is 4.74. The van der Waals surface area contributed by atoms with E-state index in [1.807, 2.05) is 0 Å². The topological polar surface area (TPSA) is 52.0 Å². The van der Waals surface area contributed by atoms with E-state index in [4.69, 9.17) is 11.5 Å². The lowest BCUT2D eigenvalue weighted by Crippen LogP contribution is -2.49. The molecule has 3 nitrogen and oxygen atoms in total.